The van der Waals surface area contributed by atoms with Crippen molar-refractivity contribution in [3.8, 4) is 0 Å². The van der Waals surface area contributed by atoms with Crippen molar-refractivity contribution in [2.75, 3.05) is 20.3 Å². The van der Waals surface area contributed by atoms with E-state index in [1.54, 1.807) is 0 Å². The topological polar surface area (TPSA) is 106 Å². The summed E-state index contributed by atoms with van der Waals surface area (Å²) in [4.78, 5) is 22.2. The van der Waals surface area contributed by atoms with E-state index in [4.69, 9.17) is 9.84 Å². The SMILES string of the molecule is COCCCNC(=O)Cn1nnc(C(=O)O)c1C(F)F. The third-order valence-electron chi connectivity index (χ3n) is 2.32. The van der Waals surface area contributed by atoms with Crippen molar-refractivity contribution in [2.45, 2.75) is 19.4 Å². The molecule has 8 nitrogen and oxygen atoms in total. The van der Waals surface area contributed by atoms with Gasteiger partial charge in [-0.3, -0.25) is 4.79 Å². The molecule has 10 heteroatoms. The molecule has 20 heavy (non-hydrogen) atoms. The number of amides is 1. The Morgan fingerprint density at radius 1 is 1.50 bits per heavy atom. The van der Waals surface area contributed by atoms with Crippen LogP contribution in [0.5, 0.6) is 0 Å². The minimum absolute atomic E-state index is 0.317. The van der Waals surface area contributed by atoms with E-state index in [1.165, 1.54) is 7.11 Å². The number of alkyl halides is 2. The van der Waals surface area contributed by atoms with E-state index in [1.807, 2.05) is 0 Å². The van der Waals surface area contributed by atoms with Crippen molar-refractivity contribution in [3.05, 3.63) is 11.4 Å². The van der Waals surface area contributed by atoms with Crippen molar-refractivity contribution in [1.82, 2.24) is 20.3 Å². The number of hydrogen-bond donors (Lipinski definition) is 2. The molecule has 0 aliphatic heterocycles. The first-order chi connectivity index (χ1) is 9.47. The van der Waals surface area contributed by atoms with Gasteiger partial charge in [-0.25, -0.2) is 18.3 Å². The summed E-state index contributed by atoms with van der Waals surface area (Å²) in [5.41, 5.74) is -1.74. The number of carboxylic acids is 1. The summed E-state index contributed by atoms with van der Waals surface area (Å²) in [5, 5.41) is 17.6. The van der Waals surface area contributed by atoms with Gasteiger partial charge in [0.15, 0.2) is 5.69 Å². The molecule has 0 saturated carbocycles. The molecule has 112 valence electrons. The number of aromatic carboxylic acids is 1. The first-order valence-electron chi connectivity index (χ1n) is 5.67. The largest absolute Gasteiger partial charge is 0.476 e. The molecule has 0 spiro atoms. The first kappa shape index (κ1) is 16.0. The van der Waals surface area contributed by atoms with Crippen molar-refractivity contribution < 1.29 is 28.2 Å². The predicted octanol–water partition coefficient (Wildman–Crippen LogP) is 0.0666. The zero-order chi connectivity index (χ0) is 15.1. The van der Waals surface area contributed by atoms with Gasteiger partial charge in [0.25, 0.3) is 6.43 Å². The number of ether oxygens (including phenoxy) is 1. The lowest BCUT2D eigenvalue weighted by atomic mass is 10.3. The van der Waals surface area contributed by atoms with Crippen LogP contribution in [0.4, 0.5) is 8.78 Å². The average Bonchev–Trinajstić information content (AvgIpc) is 2.78. The van der Waals surface area contributed by atoms with Gasteiger partial charge in [-0.2, -0.15) is 0 Å². The van der Waals surface area contributed by atoms with E-state index in [-0.39, 0.29) is 0 Å². The van der Waals surface area contributed by atoms with Crippen LogP contribution in [0.2, 0.25) is 0 Å². The number of carbonyl (C=O) groups excluding carboxylic acids is 1. The minimum Gasteiger partial charge on any atom is -0.476 e. The molecular weight excluding hydrogens is 278 g/mol. The van der Waals surface area contributed by atoms with Gasteiger partial charge in [0.05, 0.1) is 0 Å². The fourth-order valence-corrected chi connectivity index (χ4v) is 1.44. The molecule has 0 radical (unpaired) electrons. The van der Waals surface area contributed by atoms with E-state index >= 15 is 0 Å². The summed E-state index contributed by atoms with van der Waals surface area (Å²) < 4.78 is 30.9. The van der Waals surface area contributed by atoms with Gasteiger partial charge in [0, 0.05) is 20.3 Å². The van der Waals surface area contributed by atoms with Gasteiger partial charge in [-0.15, -0.1) is 5.10 Å². The number of carboxylic acid groups (broad SMARTS) is 1. The molecule has 0 aliphatic carbocycles. The standard InChI is InChI=1S/C10H14F2N4O4/c1-20-4-2-3-13-6(17)5-16-8(9(11)12)7(10(18)19)14-15-16/h9H,2-5H2,1H3,(H,13,17)(H,18,19). The smallest absolute Gasteiger partial charge is 0.358 e. The Morgan fingerprint density at radius 2 is 2.20 bits per heavy atom. The van der Waals surface area contributed by atoms with Gasteiger partial charge in [-0.05, 0) is 6.42 Å². The molecule has 1 amide bonds. The lowest BCUT2D eigenvalue weighted by molar-refractivity contribution is -0.122. The molecule has 1 heterocycles. The molecule has 1 aromatic rings. The van der Waals surface area contributed by atoms with Gasteiger partial charge in [0.2, 0.25) is 5.91 Å². The van der Waals surface area contributed by atoms with Crippen LogP contribution in [0.3, 0.4) is 0 Å². The van der Waals surface area contributed by atoms with Crippen molar-refractivity contribution >= 4 is 11.9 Å². The van der Waals surface area contributed by atoms with E-state index in [2.05, 4.69) is 15.6 Å². The van der Waals surface area contributed by atoms with E-state index in [9.17, 15) is 18.4 Å². The number of aromatic nitrogens is 3. The maximum Gasteiger partial charge on any atom is 0.358 e. The summed E-state index contributed by atoms with van der Waals surface area (Å²) in [5.74, 6) is -2.18. The Labute approximate surface area is 112 Å². The molecule has 0 fully saturated rings. The van der Waals surface area contributed by atoms with Crippen LogP contribution in [-0.2, 0) is 16.1 Å². The number of methoxy groups -OCH3 is 1. The summed E-state index contributed by atoms with van der Waals surface area (Å²) in [6.07, 6.45) is -2.51. The Bertz CT molecular complexity index is 478. The Balaban J connectivity index is 2.68. The van der Waals surface area contributed by atoms with Gasteiger partial charge in [-0.1, -0.05) is 5.21 Å². The maximum atomic E-state index is 12.8. The Morgan fingerprint density at radius 3 is 2.75 bits per heavy atom. The quantitative estimate of drug-likeness (QED) is 0.657. The molecular formula is C10H14F2N4O4. The Kier molecular flexibility index (Phi) is 5.97. The molecule has 1 rings (SSSR count). The molecule has 0 atom stereocenters. The Hall–Kier alpha value is -2.10. The highest BCUT2D eigenvalue weighted by Crippen LogP contribution is 2.21. The van der Waals surface area contributed by atoms with Crippen molar-refractivity contribution in [2.24, 2.45) is 0 Å². The third-order valence-corrected chi connectivity index (χ3v) is 2.32. The maximum absolute atomic E-state index is 12.8. The predicted molar refractivity (Wildman–Crippen MR) is 61.4 cm³/mol. The summed E-state index contributed by atoms with van der Waals surface area (Å²) >= 11 is 0. The van der Waals surface area contributed by atoms with Crippen LogP contribution in [-0.4, -0.2) is 52.2 Å². The summed E-state index contributed by atoms with van der Waals surface area (Å²) in [6, 6.07) is 0. The number of nitrogens with one attached hydrogen (secondary N) is 1. The minimum atomic E-state index is -3.09. The molecule has 2 N–H and O–H groups in total. The number of hydrogen-bond acceptors (Lipinski definition) is 5. The molecule has 1 aromatic heterocycles. The van der Waals surface area contributed by atoms with Crippen LogP contribution < -0.4 is 5.32 Å². The average molecular weight is 292 g/mol. The van der Waals surface area contributed by atoms with Gasteiger partial charge >= 0.3 is 5.97 Å². The molecule has 0 unspecified atom stereocenters. The van der Waals surface area contributed by atoms with E-state index < -0.39 is 36.2 Å². The van der Waals surface area contributed by atoms with E-state index in [0.29, 0.717) is 24.3 Å². The third kappa shape index (κ3) is 4.23. The van der Waals surface area contributed by atoms with Crippen LogP contribution in [0.25, 0.3) is 0 Å². The van der Waals surface area contributed by atoms with Crippen LogP contribution in [0, 0.1) is 0 Å². The second-order valence-corrected chi connectivity index (χ2v) is 3.78. The summed E-state index contributed by atoms with van der Waals surface area (Å²) in [6.45, 7) is 0.249. The molecule has 0 bridgehead atoms. The molecule has 0 aliphatic rings. The lowest BCUT2D eigenvalue weighted by Gasteiger charge is -2.07. The molecule has 0 aromatic carbocycles. The fraction of sp³-hybridized carbons (Fsp3) is 0.600. The van der Waals surface area contributed by atoms with Crippen LogP contribution in [0.1, 0.15) is 29.0 Å². The highest BCUT2D eigenvalue weighted by molar-refractivity contribution is 5.86. The summed E-state index contributed by atoms with van der Waals surface area (Å²) in [7, 11) is 1.51. The normalized spacial score (nSPS) is 10.8. The first-order valence-corrected chi connectivity index (χ1v) is 5.67. The zero-order valence-corrected chi connectivity index (χ0v) is 10.7. The molecule has 0 saturated heterocycles. The van der Waals surface area contributed by atoms with Crippen molar-refractivity contribution in [1.29, 1.82) is 0 Å². The number of nitrogens with zero attached hydrogens (tertiary/aromatic N) is 3. The van der Waals surface area contributed by atoms with Crippen LogP contribution >= 0.6 is 0 Å². The second-order valence-electron chi connectivity index (χ2n) is 3.78. The highest BCUT2D eigenvalue weighted by atomic mass is 19.3. The van der Waals surface area contributed by atoms with Crippen molar-refractivity contribution in [3.63, 3.8) is 0 Å². The highest BCUT2D eigenvalue weighted by Gasteiger charge is 2.27. The van der Waals surface area contributed by atoms with Gasteiger partial charge in [0.1, 0.15) is 12.2 Å². The number of halogens is 2. The number of rotatable bonds is 8. The second kappa shape index (κ2) is 7.48. The van der Waals surface area contributed by atoms with Gasteiger partial charge < -0.3 is 15.2 Å². The number of carbonyl (C=O) groups is 2. The fourth-order valence-electron chi connectivity index (χ4n) is 1.44. The van der Waals surface area contributed by atoms with E-state index in [0.717, 1.165) is 0 Å². The lowest BCUT2D eigenvalue weighted by Crippen LogP contribution is -2.30. The monoisotopic (exact) mass is 292 g/mol. The zero-order valence-electron chi connectivity index (χ0n) is 10.7. The van der Waals surface area contributed by atoms with Crippen LogP contribution in [0.15, 0.2) is 0 Å².